The Morgan fingerprint density at radius 2 is 2.27 bits per heavy atom. The SMILES string of the molecule is C=CC(NCCC)c1cccc(C)c1I. The van der Waals surface area contributed by atoms with Crippen molar-refractivity contribution < 1.29 is 0 Å². The van der Waals surface area contributed by atoms with Gasteiger partial charge in [0, 0.05) is 3.57 Å². The van der Waals surface area contributed by atoms with E-state index in [9.17, 15) is 0 Å². The van der Waals surface area contributed by atoms with Gasteiger partial charge in [-0.15, -0.1) is 6.58 Å². The van der Waals surface area contributed by atoms with E-state index in [-0.39, 0.29) is 6.04 Å². The van der Waals surface area contributed by atoms with Gasteiger partial charge in [-0.25, -0.2) is 0 Å². The predicted octanol–water partition coefficient (Wildman–Crippen LogP) is 3.83. The zero-order valence-electron chi connectivity index (χ0n) is 9.39. The Morgan fingerprint density at radius 1 is 1.53 bits per heavy atom. The van der Waals surface area contributed by atoms with Crippen LogP contribution in [0.2, 0.25) is 0 Å². The summed E-state index contributed by atoms with van der Waals surface area (Å²) >= 11 is 2.41. The Morgan fingerprint density at radius 3 is 2.87 bits per heavy atom. The van der Waals surface area contributed by atoms with Gasteiger partial charge in [0.1, 0.15) is 0 Å². The van der Waals surface area contributed by atoms with E-state index in [2.05, 4.69) is 66.5 Å². The maximum absolute atomic E-state index is 3.90. The summed E-state index contributed by atoms with van der Waals surface area (Å²) in [7, 11) is 0. The molecule has 1 N–H and O–H groups in total. The largest absolute Gasteiger partial charge is 0.307 e. The van der Waals surface area contributed by atoms with Crippen LogP contribution in [0.15, 0.2) is 30.9 Å². The summed E-state index contributed by atoms with van der Waals surface area (Å²) in [6, 6.07) is 6.70. The van der Waals surface area contributed by atoms with Gasteiger partial charge in [0.15, 0.2) is 0 Å². The summed E-state index contributed by atoms with van der Waals surface area (Å²) in [6.07, 6.45) is 3.12. The number of nitrogens with one attached hydrogen (secondary N) is 1. The highest BCUT2D eigenvalue weighted by atomic mass is 127. The van der Waals surface area contributed by atoms with E-state index < -0.39 is 0 Å². The van der Waals surface area contributed by atoms with Crippen molar-refractivity contribution in [2.75, 3.05) is 6.54 Å². The molecule has 1 aromatic carbocycles. The van der Waals surface area contributed by atoms with Crippen molar-refractivity contribution in [2.45, 2.75) is 26.3 Å². The third-order valence-corrected chi connectivity index (χ3v) is 3.88. The molecule has 2 heteroatoms. The normalized spacial score (nSPS) is 12.5. The zero-order valence-corrected chi connectivity index (χ0v) is 11.5. The second-order valence-electron chi connectivity index (χ2n) is 3.65. The van der Waals surface area contributed by atoms with Gasteiger partial charge in [0.05, 0.1) is 6.04 Å². The predicted molar refractivity (Wildman–Crippen MR) is 75.1 cm³/mol. The van der Waals surface area contributed by atoms with E-state index in [1.165, 1.54) is 14.7 Å². The quantitative estimate of drug-likeness (QED) is 0.643. The number of hydrogen-bond acceptors (Lipinski definition) is 1. The number of halogens is 1. The van der Waals surface area contributed by atoms with Crippen molar-refractivity contribution in [3.63, 3.8) is 0 Å². The van der Waals surface area contributed by atoms with Gasteiger partial charge in [-0.1, -0.05) is 31.2 Å². The molecule has 0 aliphatic carbocycles. The van der Waals surface area contributed by atoms with Gasteiger partial charge in [0.2, 0.25) is 0 Å². The van der Waals surface area contributed by atoms with Crippen LogP contribution in [0, 0.1) is 10.5 Å². The molecule has 1 aromatic rings. The summed E-state index contributed by atoms with van der Waals surface area (Å²) in [5.41, 5.74) is 2.66. The lowest BCUT2D eigenvalue weighted by Gasteiger charge is -2.17. The Kier molecular flexibility index (Phi) is 5.32. The molecule has 1 unspecified atom stereocenters. The van der Waals surface area contributed by atoms with Crippen molar-refractivity contribution in [1.29, 1.82) is 0 Å². The lowest BCUT2D eigenvalue weighted by Crippen LogP contribution is -2.21. The van der Waals surface area contributed by atoms with Crippen molar-refractivity contribution in [1.82, 2.24) is 5.32 Å². The van der Waals surface area contributed by atoms with E-state index in [0.29, 0.717) is 0 Å². The smallest absolute Gasteiger partial charge is 0.0514 e. The summed E-state index contributed by atoms with van der Waals surface area (Å²) in [4.78, 5) is 0. The van der Waals surface area contributed by atoms with Crippen molar-refractivity contribution in [3.05, 3.63) is 45.6 Å². The van der Waals surface area contributed by atoms with Gasteiger partial charge in [0.25, 0.3) is 0 Å². The van der Waals surface area contributed by atoms with Crippen LogP contribution < -0.4 is 5.32 Å². The molecule has 0 saturated carbocycles. The van der Waals surface area contributed by atoms with Gasteiger partial charge < -0.3 is 5.32 Å². The first-order valence-corrected chi connectivity index (χ1v) is 6.39. The fraction of sp³-hybridized carbons (Fsp3) is 0.385. The third-order valence-electron chi connectivity index (χ3n) is 2.41. The maximum Gasteiger partial charge on any atom is 0.0514 e. The molecule has 15 heavy (non-hydrogen) atoms. The highest BCUT2D eigenvalue weighted by Crippen LogP contribution is 2.23. The Balaban J connectivity index is 2.91. The first-order valence-electron chi connectivity index (χ1n) is 5.31. The third kappa shape index (κ3) is 3.31. The van der Waals surface area contributed by atoms with Crippen molar-refractivity contribution in [3.8, 4) is 0 Å². The fourth-order valence-electron chi connectivity index (χ4n) is 1.53. The fourth-order valence-corrected chi connectivity index (χ4v) is 2.23. The molecular formula is C13H18IN. The highest BCUT2D eigenvalue weighted by Gasteiger charge is 2.10. The molecule has 0 radical (unpaired) electrons. The molecule has 0 saturated heterocycles. The van der Waals surface area contributed by atoms with Crippen LogP contribution in [0.1, 0.15) is 30.5 Å². The van der Waals surface area contributed by atoms with Gasteiger partial charge in [-0.2, -0.15) is 0 Å². The highest BCUT2D eigenvalue weighted by molar-refractivity contribution is 14.1. The standard InChI is InChI=1S/C13H18IN/c1-4-9-15-12(5-2)11-8-6-7-10(3)13(11)14/h5-8,12,15H,2,4,9H2,1,3H3. The number of hydrogen-bond donors (Lipinski definition) is 1. The average Bonchev–Trinajstić information content (AvgIpc) is 2.25. The van der Waals surface area contributed by atoms with Crippen LogP contribution in [-0.2, 0) is 0 Å². The molecule has 0 aliphatic heterocycles. The minimum Gasteiger partial charge on any atom is -0.307 e. The minimum absolute atomic E-state index is 0.275. The molecule has 0 amide bonds. The van der Waals surface area contributed by atoms with Gasteiger partial charge >= 0.3 is 0 Å². The molecule has 0 spiro atoms. The van der Waals surface area contributed by atoms with Crippen LogP contribution in [-0.4, -0.2) is 6.54 Å². The van der Waals surface area contributed by atoms with Crippen LogP contribution in [0.25, 0.3) is 0 Å². The molecule has 0 fully saturated rings. The number of aryl methyl sites for hydroxylation is 1. The topological polar surface area (TPSA) is 12.0 Å². The van der Waals surface area contributed by atoms with Crippen molar-refractivity contribution >= 4 is 22.6 Å². The maximum atomic E-state index is 3.90. The number of rotatable bonds is 5. The first kappa shape index (κ1) is 12.7. The summed E-state index contributed by atoms with van der Waals surface area (Å²) in [5.74, 6) is 0. The molecule has 1 nitrogen and oxygen atoms in total. The molecule has 1 rings (SSSR count). The van der Waals surface area contributed by atoms with E-state index in [0.717, 1.165) is 13.0 Å². The van der Waals surface area contributed by atoms with E-state index >= 15 is 0 Å². The monoisotopic (exact) mass is 315 g/mol. The van der Waals surface area contributed by atoms with Crippen LogP contribution >= 0.6 is 22.6 Å². The van der Waals surface area contributed by atoms with Crippen LogP contribution in [0.4, 0.5) is 0 Å². The molecule has 1 atom stereocenters. The average molecular weight is 315 g/mol. The van der Waals surface area contributed by atoms with Gasteiger partial charge in [-0.3, -0.25) is 0 Å². The number of benzene rings is 1. The molecule has 82 valence electrons. The van der Waals surface area contributed by atoms with Gasteiger partial charge in [-0.05, 0) is 53.6 Å². The molecular weight excluding hydrogens is 297 g/mol. The van der Waals surface area contributed by atoms with Crippen molar-refractivity contribution in [2.24, 2.45) is 0 Å². The Labute approximate surface area is 106 Å². The lowest BCUT2D eigenvalue weighted by atomic mass is 10.0. The molecule has 0 bridgehead atoms. The Bertz CT molecular complexity index is 333. The summed E-state index contributed by atoms with van der Waals surface area (Å²) in [5, 5.41) is 3.48. The summed E-state index contributed by atoms with van der Waals surface area (Å²) in [6.45, 7) is 9.24. The zero-order chi connectivity index (χ0) is 11.3. The van der Waals surface area contributed by atoms with E-state index in [4.69, 9.17) is 0 Å². The summed E-state index contributed by atoms with van der Waals surface area (Å²) < 4.78 is 1.34. The second kappa shape index (κ2) is 6.28. The Hall–Kier alpha value is -0.350. The lowest BCUT2D eigenvalue weighted by molar-refractivity contribution is 0.611. The van der Waals surface area contributed by atoms with Crippen LogP contribution in [0.5, 0.6) is 0 Å². The van der Waals surface area contributed by atoms with E-state index in [1.54, 1.807) is 0 Å². The minimum atomic E-state index is 0.275. The van der Waals surface area contributed by atoms with Crippen LogP contribution in [0.3, 0.4) is 0 Å². The molecule has 0 aliphatic rings. The first-order chi connectivity index (χ1) is 7.20. The molecule has 0 heterocycles. The molecule has 0 aromatic heterocycles. The van der Waals surface area contributed by atoms with E-state index in [1.807, 2.05) is 6.08 Å². The second-order valence-corrected chi connectivity index (χ2v) is 4.72.